The fourth-order valence-electron chi connectivity index (χ4n) is 2.05. The largest absolute Gasteiger partial charge is 0.312 e. The van der Waals surface area contributed by atoms with E-state index in [2.05, 4.69) is 53.4 Å². The van der Waals surface area contributed by atoms with Crippen LogP contribution >= 0.6 is 11.3 Å². The maximum Gasteiger partial charge on any atom is 0.0416 e. The van der Waals surface area contributed by atoms with E-state index in [4.69, 9.17) is 0 Å². The first-order chi connectivity index (χ1) is 9.78. The molecule has 0 unspecified atom stereocenters. The molecule has 2 aromatic rings. The molecule has 4 heteroatoms. The third-order valence-electron chi connectivity index (χ3n) is 3.17. The van der Waals surface area contributed by atoms with Crippen LogP contribution in [0.3, 0.4) is 0 Å². The second-order valence-electron chi connectivity index (χ2n) is 4.96. The van der Waals surface area contributed by atoms with Gasteiger partial charge < -0.3 is 10.2 Å². The monoisotopic (exact) mass is 289 g/mol. The van der Waals surface area contributed by atoms with E-state index in [1.165, 1.54) is 15.4 Å². The number of rotatable bonds is 8. The van der Waals surface area contributed by atoms with Crippen LogP contribution in [-0.4, -0.2) is 30.0 Å². The predicted octanol–water partition coefficient (Wildman–Crippen LogP) is 2.93. The molecule has 0 aliphatic carbocycles. The number of hydrogen-bond donors (Lipinski definition) is 1. The Morgan fingerprint density at radius 2 is 2.05 bits per heavy atom. The number of nitrogens with one attached hydrogen (secondary N) is 1. The second-order valence-corrected chi connectivity index (χ2v) is 6.21. The highest BCUT2D eigenvalue weighted by molar-refractivity contribution is 7.11. The van der Waals surface area contributed by atoms with Gasteiger partial charge in [0.05, 0.1) is 0 Å². The Bertz CT molecular complexity index is 495. The third kappa shape index (κ3) is 5.04. The maximum absolute atomic E-state index is 4.36. The minimum Gasteiger partial charge on any atom is -0.312 e. The zero-order chi connectivity index (χ0) is 14.2. The van der Waals surface area contributed by atoms with E-state index in [-0.39, 0.29) is 0 Å². The Kier molecular flexibility index (Phi) is 6.18. The minimum absolute atomic E-state index is 0.985. The van der Waals surface area contributed by atoms with Gasteiger partial charge in [-0.3, -0.25) is 4.98 Å². The van der Waals surface area contributed by atoms with Crippen molar-refractivity contribution in [3.63, 3.8) is 0 Å². The number of hydrogen-bond acceptors (Lipinski definition) is 4. The molecule has 108 valence electrons. The normalized spacial score (nSPS) is 11.2. The molecule has 2 aromatic heterocycles. The van der Waals surface area contributed by atoms with Crippen molar-refractivity contribution in [2.75, 3.05) is 20.1 Å². The summed E-state index contributed by atoms with van der Waals surface area (Å²) in [4.78, 5) is 9.57. The number of nitrogens with zero attached hydrogens (tertiary/aromatic N) is 2. The van der Waals surface area contributed by atoms with Crippen LogP contribution in [0.5, 0.6) is 0 Å². The lowest BCUT2D eigenvalue weighted by molar-refractivity contribution is 0.333. The molecule has 3 nitrogen and oxygen atoms in total. The second kappa shape index (κ2) is 8.15. The summed E-state index contributed by atoms with van der Waals surface area (Å²) in [5.74, 6) is 0. The first-order valence-corrected chi connectivity index (χ1v) is 7.96. The van der Waals surface area contributed by atoms with Gasteiger partial charge in [-0.05, 0) is 37.9 Å². The first kappa shape index (κ1) is 15.2. The molecule has 0 saturated heterocycles. The Morgan fingerprint density at radius 3 is 2.80 bits per heavy atom. The van der Waals surface area contributed by atoms with Gasteiger partial charge in [0.25, 0.3) is 0 Å². The Hall–Kier alpha value is -1.23. The van der Waals surface area contributed by atoms with Crippen molar-refractivity contribution in [3.8, 4) is 0 Å². The van der Waals surface area contributed by atoms with Gasteiger partial charge in [-0.2, -0.15) is 0 Å². The van der Waals surface area contributed by atoms with Gasteiger partial charge in [-0.15, -0.1) is 11.3 Å². The van der Waals surface area contributed by atoms with E-state index >= 15 is 0 Å². The Morgan fingerprint density at radius 1 is 1.20 bits per heavy atom. The summed E-state index contributed by atoms with van der Waals surface area (Å²) in [6, 6.07) is 10.6. The molecule has 0 saturated carbocycles. The maximum atomic E-state index is 4.36. The number of aromatic nitrogens is 1. The van der Waals surface area contributed by atoms with Gasteiger partial charge in [0, 0.05) is 47.7 Å². The lowest BCUT2D eigenvalue weighted by atomic mass is 10.2. The summed E-state index contributed by atoms with van der Waals surface area (Å²) in [6.07, 6.45) is 2.87. The van der Waals surface area contributed by atoms with Crippen LogP contribution < -0.4 is 5.32 Å². The molecule has 0 atom stereocenters. The van der Waals surface area contributed by atoms with Gasteiger partial charge in [-0.25, -0.2) is 0 Å². The molecule has 0 bridgehead atoms. The molecule has 20 heavy (non-hydrogen) atoms. The molecule has 0 amide bonds. The summed E-state index contributed by atoms with van der Waals surface area (Å²) in [5.41, 5.74) is 1.17. The highest BCUT2D eigenvalue weighted by atomic mass is 32.1. The fraction of sp³-hybridized carbons (Fsp3) is 0.438. The quantitative estimate of drug-likeness (QED) is 0.810. The van der Waals surface area contributed by atoms with Crippen LogP contribution in [0.4, 0.5) is 0 Å². The van der Waals surface area contributed by atoms with E-state index in [1.54, 1.807) is 0 Å². The summed E-state index contributed by atoms with van der Waals surface area (Å²) < 4.78 is 0. The first-order valence-electron chi connectivity index (χ1n) is 7.14. The lowest BCUT2D eigenvalue weighted by Crippen LogP contribution is -2.20. The third-order valence-corrected chi connectivity index (χ3v) is 4.24. The number of pyridine rings is 1. The molecule has 0 fully saturated rings. The predicted molar refractivity (Wildman–Crippen MR) is 86.0 cm³/mol. The van der Waals surface area contributed by atoms with Crippen molar-refractivity contribution < 1.29 is 0 Å². The standard InChI is InChI=1S/C16H23N3S/c1-3-17-12-15-7-8-16(20-15)13-19(2)11-9-14-6-4-5-10-18-14/h4-8,10,17H,3,9,11-13H2,1-2H3. The van der Waals surface area contributed by atoms with Crippen LogP contribution in [0, 0.1) is 0 Å². The van der Waals surface area contributed by atoms with E-state index in [9.17, 15) is 0 Å². The molecule has 0 aromatic carbocycles. The van der Waals surface area contributed by atoms with E-state index < -0.39 is 0 Å². The average molecular weight is 289 g/mol. The van der Waals surface area contributed by atoms with Crippen molar-refractivity contribution >= 4 is 11.3 Å². The van der Waals surface area contributed by atoms with E-state index in [1.807, 2.05) is 23.6 Å². The lowest BCUT2D eigenvalue weighted by Gasteiger charge is -2.15. The molecule has 0 aliphatic rings. The molecular formula is C16H23N3S. The van der Waals surface area contributed by atoms with Crippen LogP contribution in [0.1, 0.15) is 22.4 Å². The highest BCUT2D eigenvalue weighted by Gasteiger charge is 2.04. The summed E-state index contributed by atoms with van der Waals surface area (Å²) in [6.45, 7) is 6.21. The Labute approximate surface area is 125 Å². The van der Waals surface area contributed by atoms with Crippen molar-refractivity contribution in [1.82, 2.24) is 15.2 Å². The number of likely N-dealkylation sites (N-methyl/N-ethyl adjacent to an activating group) is 1. The summed E-state index contributed by atoms with van der Waals surface area (Å²) in [5, 5.41) is 3.37. The van der Waals surface area contributed by atoms with Gasteiger partial charge in [0.1, 0.15) is 0 Å². The molecule has 2 heterocycles. The van der Waals surface area contributed by atoms with Crippen LogP contribution in [-0.2, 0) is 19.5 Å². The smallest absolute Gasteiger partial charge is 0.0416 e. The van der Waals surface area contributed by atoms with Crippen molar-refractivity contribution in [1.29, 1.82) is 0 Å². The molecular weight excluding hydrogens is 266 g/mol. The van der Waals surface area contributed by atoms with E-state index in [0.717, 1.165) is 32.6 Å². The van der Waals surface area contributed by atoms with Crippen molar-refractivity contribution in [2.24, 2.45) is 0 Å². The van der Waals surface area contributed by atoms with Gasteiger partial charge in [-0.1, -0.05) is 13.0 Å². The zero-order valence-electron chi connectivity index (χ0n) is 12.3. The van der Waals surface area contributed by atoms with Crippen LogP contribution in [0.25, 0.3) is 0 Å². The molecule has 1 N–H and O–H groups in total. The SMILES string of the molecule is CCNCc1ccc(CN(C)CCc2ccccn2)s1. The fourth-order valence-corrected chi connectivity index (χ4v) is 3.12. The summed E-state index contributed by atoms with van der Waals surface area (Å²) >= 11 is 1.90. The minimum atomic E-state index is 0.985. The molecule has 0 aliphatic heterocycles. The van der Waals surface area contributed by atoms with Gasteiger partial charge in [0.15, 0.2) is 0 Å². The van der Waals surface area contributed by atoms with Crippen molar-refractivity contribution in [3.05, 3.63) is 52.0 Å². The summed E-state index contributed by atoms with van der Waals surface area (Å²) in [7, 11) is 2.17. The molecule has 0 spiro atoms. The van der Waals surface area contributed by atoms with Crippen molar-refractivity contribution in [2.45, 2.75) is 26.4 Å². The van der Waals surface area contributed by atoms with Gasteiger partial charge >= 0.3 is 0 Å². The van der Waals surface area contributed by atoms with E-state index in [0.29, 0.717) is 0 Å². The zero-order valence-corrected chi connectivity index (χ0v) is 13.1. The van der Waals surface area contributed by atoms with Crippen LogP contribution in [0.15, 0.2) is 36.5 Å². The van der Waals surface area contributed by atoms with Gasteiger partial charge in [0.2, 0.25) is 0 Å². The topological polar surface area (TPSA) is 28.2 Å². The number of thiophene rings is 1. The highest BCUT2D eigenvalue weighted by Crippen LogP contribution is 2.17. The average Bonchev–Trinajstić information content (AvgIpc) is 2.91. The molecule has 0 radical (unpaired) electrons. The van der Waals surface area contributed by atoms with Crippen LogP contribution in [0.2, 0.25) is 0 Å². The molecule has 2 rings (SSSR count). The Balaban J connectivity index is 1.76.